The molecule has 9 heteroatoms. The van der Waals surface area contributed by atoms with Gasteiger partial charge in [-0.25, -0.2) is 8.42 Å². The van der Waals surface area contributed by atoms with E-state index in [1.54, 1.807) is 6.92 Å². The number of carboxylic acids is 1. The Hall–Kier alpha value is -0.670. The van der Waals surface area contributed by atoms with Gasteiger partial charge in [-0.05, 0) is 18.6 Å². The summed E-state index contributed by atoms with van der Waals surface area (Å²) in [5, 5.41) is 18.5. The molecule has 1 aliphatic heterocycles. The van der Waals surface area contributed by atoms with Gasteiger partial charge in [0.05, 0.1) is 10.4 Å². The van der Waals surface area contributed by atoms with Crippen molar-refractivity contribution in [2.45, 2.75) is 29.7 Å². The zero-order chi connectivity index (χ0) is 14.4. The molecule has 0 saturated carbocycles. The van der Waals surface area contributed by atoms with Gasteiger partial charge in [0.15, 0.2) is 0 Å². The molecule has 0 radical (unpaired) electrons. The lowest BCUT2D eigenvalue weighted by molar-refractivity contribution is -0.140. The summed E-state index contributed by atoms with van der Waals surface area (Å²) in [6.45, 7) is 1.46. The Labute approximate surface area is 119 Å². The van der Waals surface area contributed by atoms with Crippen LogP contribution in [0.5, 0.6) is 0 Å². The minimum Gasteiger partial charge on any atom is -0.480 e. The minimum atomic E-state index is -3.94. The highest BCUT2D eigenvalue weighted by molar-refractivity contribution is 7.91. The number of aliphatic hydroxyl groups is 1. The van der Waals surface area contributed by atoms with E-state index < -0.39 is 28.1 Å². The maximum atomic E-state index is 12.4. The molecule has 0 amide bonds. The van der Waals surface area contributed by atoms with Crippen LogP contribution in [0.1, 0.15) is 12.0 Å². The van der Waals surface area contributed by atoms with Crippen LogP contribution in [0.4, 0.5) is 0 Å². The van der Waals surface area contributed by atoms with Crippen molar-refractivity contribution in [1.29, 1.82) is 0 Å². The molecule has 1 aromatic heterocycles. The molecule has 2 N–H and O–H groups in total. The predicted molar refractivity (Wildman–Crippen MR) is 70.0 cm³/mol. The summed E-state index contributed by atoms with van der Waals surface area (Å²) in [6, 6.07) is 0.174. The number of aryl methyl sites for hydroxylation is 1. The average molecular weight is 326 g/mol. The Morgan fingerprint density at radius 2 is 2.21 bits per heavy atom. The smallest absolute Gasteiger partial charge is 0.322 e. The van der Waals surface area contributed by atoms with Crippen molar-refractivity contribution in [3.63, 3.8) is 0 Å². The molecule has 2 rings (SSSR count). The van der Waals surface area contributed by atoms with Gasteiger partial charge in [-0.2, -0.15) is 4.31 Å². The van der Waals surface area contributed by atoms with E-state index in [0.29, 0.717) is 9.90 Å². The first kappa shape index (κ1) is 14.7. The van der Waals surface area contributed by atoms with Crippen molar-refractivity contribution in [2.24, 2.45) is 0 Å². The lowest BCUT2D eigenvalue weighted by Gasteiger charge is -2.19. The second-order valence-corrected chi connectivity index (χ2v) is 8.11. The highest BCUT2D eigenvalue weighted by atomic mass is 35.5. The van der Waals surface area contributed by atoms with Crippen LogP contribution in [0, 0.1) is 6.92 Å². The number of β-amino-alcohol motifs (C(OH)–C–C–N with tert-alkyl or cyclic N) is 1. The van der Waals surface area contributed by atoms with E-state index in [9.17, 15) is 18.3 Å². The number of carboxylic acid groups (broad SMARTS) is 1. The summed E-state index contributed by atoms with van der Waals surface area (Å²) in [7, 11) is -3.94. The highest BCUT2D eigenvalue weighted by Gasteiger charge is 2.44. The number of aliphatic carboxylic acids is 1. The Balaban J connectivity index is 2.41. The fourth-order valence-electron chi connectivity index (χ4n) is 1.95. The highest BCUT2D eigenvalue weighted by Crippen LogP contribution is 2.34. The topological polar surface area (TPSA) is 94.9 Å². The third kappa shape index (κ3) is 2.63. The number of carbonyl (C=O) groups is 1. The SMILES string of the molecule is Cc1cc(S(=O)(=O)N2CC(O)CC2C(=O)O)sc1Cl. The second-order valence-electron chi connectivity index (χ2n) is 4.34. The maximum Gasteiger partial charge on any atom is 0.322 e. The third-order valence-corrected chi connectivity index (χ3v) is 6.80. The Bertz CT molecular complexity index is 592. The first-order chi connectivity index (χ1) is 8.73. The lowest BCUT2D eigenvalue weighted by Crippen LogP contribution is -2.40. The van der Waals surface area contributed by atoms with Gasteiger partial charge < -0.3 is 10.2 Å². The standard InChI is InChI=1S/C10H12ClNO5S2/c1-5-2-8(18-9(5)11)19(16,17)12-4-6(13)3-7(12)10(14)15/h2,6-7,13H,3-4H2,1H3,(H,14,15). The van der Waals surface area contributed by atoms with Crippen molar-refractivity contribution >= 4 is 38.9 Å². The summed E-state index contributed by atoms with van der Waals surface area (Å²) >= 11 is 6.72. The molecule has 0 spiro atoms. The van der Waals surface area contributed by atoms with Crippen molar-refractivity contribution in [3.05, 3.63) is 16.0 Å². The van der Waals surface area contributed by atoms with Gasteiger partial charge in [0.2, 0.25) is 0 Å². The quantitative estimate of drug-likeness (QED) is 0.861. The molecular formula is C10H12ClNO5S2. The van der Waals surface area contributed by atoms with Crippen LogP contribution in [0.2, 0.25) is 4.34 Å². The molecule has 2 unspecified atom stereocenters. The van der Waals surface area contributed by atoms with E-state index in [4.69, 9.17) is 16.7 Å². The molecule has 19 heavy (non-hydrogen) atoms. The normalized spacial score (nSPS) is 24.8. The fraction of sp³-hybridized carbons (Fsp3) is 0.500. The van der Waals surface area contributed by atoms with Crippen LogP contribution in [-0.2, 0) is 14.8 Å². The van der Waals surface area contributed by atoms with E-state index in [1.807, 2.05) is 0 Å². The zero-order valence-electron chi connectivity index (χ0n) is 9.91. The number of nitrogens with zero attached hydrogens (tertiary/aromatic N) is 1. The van der Waals surface area contributed by atoms with Gasteiger partial charge >= 0.3 is 5.97 Å². The number of hydrogen-bond acceptors (Lipinski definition) is 5. The van der Waals surface area contributed by atoms with Crippen LogP contribution in [-0.4, -0.2) is 47.6 Å². The van der Waals surface area contributed by atoms with Crippen molar-refractivity contribution in [1.82, 2.24) is 4.31 Å². The van der Waals surface area contributed by atoms with Crippen molar-refractivity contribution < 1.29 is 23.4 Å². The van der Waals surface area contributed by atoms with Gasteiger partial charge in [-0.1, -0.05) is 11.6 Å². The van der Waals surface area contributed by atoms with E-state index >= 15 is 0 Å². The van der Waals surface area contributed by atoms with Crippen molar-refractivity contribution in [2.75, 3.05) is 6.54 Å². The summed E-state index contributed by atoms with van der Waals surface area (Å²) in [5.74, 6) is -1.26. The Morgan fingerprint density at radius 1 is 1.58 bits per heavy atom. The van der Waals surface area contributed by atoms with E-state index in [2.05, 4.69) is 0 Å². The second kappa shape index (κ2) is 5.02. The number of aliphatic hydroxyl groups excluding tert-OH is 1. The molecule has 1 saturated heterocycles. The molecular weight excluding hydrogens is 314 g/mol. The average Bonchev–Trinajstić information content (AvgIpc) is 2.84. The van der Waals surface area contributed by atoms with E-state index in [1.165, 1.54) is 6.07 Å². The van der Waals surface area contributed by atoms with Crippen LogP contribution in [0.15, 0.2) is 10.3 Å². The van der Waals surface area contributed by atoms with Crippen LogP contribution < -0.4 is 0 Å². The van der Waals surface area contributed by atoms with Gasteiger partial charge in [0.25, 0.3) is 10.0 Å². The zero-order valence-corrected chi connectivity index (χ0v) is 12.3. The largest absolute Gasteiger partial charge is 0.480 e. The molecule has 0 aliphatic carbocycles. The lowest BCUT2D eigenvalue weighted by atomic mass is 10.2. The Kier molecular flexibility index (Phi) is 3.90. The van der Waals surface area contributed by atoms with Crippen LogP contribution in [0.3, 0.4) is 0 Å². The van der Waals surface area contributed by atoms with Crippen LogP contribution in [0.25, 0.3) is 0 Å². The first-order valence-electron chi connectivity index (χ1n) is 5.42. The van der Waals surface area contributed by atoms with Gasteiger partial charge in [0.1, 0.15) is 10.3 Å². The molecule has 1 fully saturated rings. The molecule has 1 aromatic rings. The monoisotopic (exact) mass is 325 g/mol. The summed E-state index contributed by atoms with van der Waals surface area (Å²) < 4.78 is 25.9. The van der Waals surface area contributed by atoms with Gasteiger partial charge in [-0.15, -0.1) is 11.3 Å². The first-order valence-corrected chi connectivity index (χ1v) is 8.05. The van der Waals surface area contributed by atoms with Crippen LogP contribution >= 0.6 is 22.9 Å². The number of hydrogen-bond donors (Lipinski definition) is 2. The maximum absolute atomic E-state index is 12.4. The number of sulfonamides is 1. The van der Waals surface area contributed by atoms with E-state index in [-0.39, 0.29) is 17.2 Å². The molecule has 2 heterocycles. The number of rotatable bonds is 3. The number of halogens is 1. The number of thiophene rings is 1. The van der Waals surface area contributed by atoms with Crippen molar-refractivity contribution in [3.8, 4) is 0 Å². The Morgan fingerprint density at radius 3 is 2.68 bits per heavy atom. The molecule has 106 valence electrons. The third-order valence-electron chi connectivity index (χ3n) is 2.92. The van der Waals surface area contributed by atoms with E-state index in [0.717, 1.165) is 15.6 Å². The van der Waals surface area contributed by atoms with Gasteiger partial charge in [0, 0.05) is 13.0 Å². The molecule has 2 atom stereocenters. The molecule has 0 bridgehead atoms. The predicted octanol–water partition coefficient (Wildman–Crippen LogP) is 0.918. The van der Waals surface area contributed by atoms with Gasteiger partial charge in [-0.3, -0.25) is 4.79 Å². The minimum absolute atomic E-state index is 0.00431. The molecule has 6 nitrogen and oxygen atoms in total. The summed E-state index contributed by atoms with van der Waals surface area (Å²) in [5.41, 5.74) is 0.622. The summed E-state index contributed by atoms with van der Waals surface area (Å²) in [6.07, 6.45) is -1.07. The molecule has 0 aromatic carbocycles. The molecule has 1 aliphatic rings. The summed E-state index contributed by atoms with van der Waals surface area (Å²) in [4.78, 5) is 11.1. The fourth-order valence-corrected chi connectivity index (χ4v) is 5.42.